The summed E-state index contributed by atoms with van der Waals surface area (Å²) in [5.74, 6) is 1.01. The third kappa shape index (κ3) is 6.30. The molecule has 36 heavy (non-hydrogen) atoms. The molecule has 1 saturated carbocycles. The van der Waals surface area contributed by atoms with E-state index >= 15 is 0 Å². The maximum Gasteiger partial charge on any atom is 0.305 e. The molecule has 1 aromatic heterocycles. The highest BCUT2D eigenvalue weighted by Crippen LogP contribution is 2.41. The first kappa shape index (κ1) is 25.8. The molecule has 1 atom stereocenters. The lowest BCUT2D eigenvalue weighted by Crippen LogP contribution is -2.26. The lowest BCUT2D eigenvalue weighted by atomic mass is 9.81. The Hall–Kier alpha value is -3.25. The molecule has 0 radical (unpaired) electrons. The Morgan fingerprint density at radius 2 is 1.78 bits per heavy atom. The van der Waals surface area contributed by atoms with Crippen LogP contribution in [-0.2, 0) is 4.79 Å². The van der Waals surface area contributed by atoms with Crippen LogP contribution >= 0.6 is 11.6 Å². The maximum atomic E-state index is 12.3. The number of carboxylic acid groups (broad SMARTS) is 1. The average Bonchev–Trinajstić information content (AvgIpc) is 3.24. The van der Waals surface area contributed by atoms with Crippen molar-refractivity contribution in [2.45, 2.75) is 58.4 Å². The van der Waals surface area contributed by atoms with Gasteiger partial charge in [-0.15, -0.1) is 0 Å². The van der Waals surface area contributed by atoms with Crippen molar-refractivity contribution in [3.63, 3.8) is 0 Å². The van der Waals surface area contributed by atoms with E-state index in [0.29, 0.717) is 16.5 Å². The Morgan fingerprint density at radius 3 is 2.44 bits per heavy atom. The summed E-state index contributed by atoms with van der Waals surface area (Å²) >= 11 is 6.16. The van der Waals surface area contributed by atoms with Crippen LogP contribution in [0, 0.1) is 19.8 Å². The number of aliphatic carboxylic acids is 1. The number of halogens is 1. The number of carbonyl (C=O) groups excluding carboxylic acids is 1. The minimum absolute atomic E-state index is 0.0886. The number of furan rings is 1. The Morgan fingerprint density at radius 1 is 1.06 bits per heavy atom. The van der Waals surface area contributed by atoms with E-state index in [1.807, 2.05) is 44.2 Å². The molecular weight excluding hydrogens is 476 g/mol. The molecule has 0 bridgehead atoms. The van der Waals surface area contributed by atoms with Crippen molar-refractivity contribution in [3.05, 3.63) is 76.0 Å². The van der Waals surface area contributed by atoms with Gasteiger partial charge in [-0.2, -0.15) is 0 Å². The van der Waals surface area contributed by atoms with Crippen molar-refractivity contribution in [2.75, 3.05) is 11.9 Å². The Labute approximate surface area is 217 Å². The smallest absolute Gasteiger partial charge is 0.305 e. The van der Waals surface area contributed by atoms with E-state index in [9.17, 15) is 9.59 Å². The molecule has 1 fully saturated rings. The molecule has 0 aliphatic heterocycles. The predicted octanol–water partition coefficient (Wildman–Crippen LogP) is 7.15. The fraction of sp³-hybridized carbons (Fsp3) is 0.379. The quantitative estimate of drug-likeness (QED) is 0.285. The van der Waals surface area contributed by atoms with Crippen molar-refractivity contribution < 1.29 is 19.1 Å². The first-order chi connectivity index (χ1) is 17.3. The fourth-order valence-corrected chi connectivity index (χ4v) is 5.27. The van der Waals surface area contributed by atoms with Crippen LogP contribution in [0.3, 0.4) is 0 Å². The predicted molar refractivity (Wildman–Crippen MR) is 143 cm³/mol. The lowest BCUT2D eigenvalue weighted by Gasteiger charge is -2.31. The molecule has 1 aliphatic carbocycles. The van der Waals surface area contributed by atoms with Gasteiger partial charge in [-0.05, 0) is 86.7 Å². The van der Waals surface area contributed by atoms with E-state index in [-0.39, 0.29) is 24.9 Å². The third-order valence-corrected chi connectivity index (χ3v) is 7.20. The zero-order chi connectivity index (χ0) is 25.7. The van der Waals surface area contributed by atoms with Gasteiger partial charge in [-0.25, -0.2) is 0 Å². The number of nitrogens with one attached hydrogen (secondary N) is 2. The number of rotatable bonds is 9. The number of carbonyl (C=O) groups is 2. The van der Waals surface area contributed by atoms with Gasteiger partial charge >= 0.3 is 5.97 Å². The molecule has 2 aromatic carbocycles. The van der Waals surface area contributed by atoms with Crippen LogP contribution in [0.5, 0.6) is 0 Å². The van der Waals surface area contributed by atoms with Crippen molar-refractivity contribution in [2.24, 2.45) is 5.92 Å². The molecule has 1 heterocycles. The third-order valence-electron chi connectivity index (χ3n) is 6.96. The summed E-state index contributed by atoms with van der Waals surface area (Å²) in [5, 5.41) is 15.8. The monoisotopic (exact) mass is 508 g/mol. The van der Waals surface area contributed by atoms with Crippen LogP contribution < -0.4 is 10.6 Å². The fourth-order valence-electron chi connectivity index (χ4n) is 5.04. The number of hydrogen-bond donors (Lipinski definition) is 3. The van der Waals surface area contributed by atoms with E-state index in [1.165, 1.54) is 19.3 Å². The van der Waals surface area contributed by atoms with Crippen LogP contribution in [0.4, 0.5) is 5.69 Å². The molecule has 0 spiro atoms. The second kappa shape index (κ2) is 11.7. The highest BCUT2D eigenvalue weighted by atomic mass is 35.5. The van der Waals surface area contributed by atoms with Crippen LogP contribution in [0.25, 0.3) is 11.3 Å². The topological polar surface area (TPSA) is 91.6 Å². The Balaban J connectivity index is 1.56. The number of hydrogen-bond acceptors (Lipinski definition) is 4. The SMILES string of the molecule is Cc1cc(Cl)ccc1-c1cc(C(Nc2ccc(C(=O)NCCC(=O)O)cc2)C2CCCCC2)c(C)o1. The zero-order valence-corrected chi connectivity index (χ0v) is 21.5. The van der Waals surface area contributed by atoms with Crippen molar-refractivity contribution >= 4 is 29.2 Å². The van der Waals surface area contributed by atoms with Gasteiger partial charge in [-0.1, -0.05) is 30.9 Å². The van der Waals surface area contributed by atoms with Crippen molar-refractivity contribution in [1.82, 2.24) is 5.32 Å². The molecular formula is C29H33ClN2O4. The second-order valence-electron chi connectivity index (χ2n) is 9.58. The molecule has 3 N–H and O–H groups in total. The summed E-state index contributed by atoms with van der Waals surface area (Å²) in [6.07, 6.45) is 5.92. The molecule has 7 heteroatoms. The van der Waals surface area contributed by atoms with Crippen molar-refractivity contribution in [1.29, 1.82) is 0 Å². The highest BCUT2D eigenvalue weighted by Gasteiger charge is 2.29. The van der Waals surface area contributed by atoms with Gasteiger partial charge in [0.1, 0.15) is 11.5 Å². The molecule has 190 valence electrons. The summed E-state index contributed by atoms with van der Waals surface area (Å²) in [4.78, 5) is 23.0. The van der Waals surface area contributed by atoms with Crippen LogP contribution in [-0.4, -0.2) is 23.5 Å². The molecule has 1 amide bonds. The van der Waals surface area contributed by atoms with Crippen molar-refractivity contribution in [3.8, 4) is 11.3 Å². The Kier molecular flexibility index (Phi) is 8.36. The largest absolute Gasteiger partial charge is 0.481 e. The number of benzene rings is 2. The minimum atomic E-state index is -0.937. The van der Waals surface area contributed by atoms with E-state index in [0.717, 1.165) is 46.7 Å². The second-order valence-corrected chi connectivity index (χ2v) is 10.0. The molecule has 1 unspecified atom stereocenters. The van der Waals surface area contributed by atoms with E-state index in [2.05, 4.69) is 16.7 Å². The molecule has 6 nitrogen and oxygen atoms in total. The highest BCUT2D eigenvalue weighted by molar-refractivity contribution is 6.30. The van der Waals surface area contributed by atoms with Gasteiger partial charge in [-0.3, -0.25) is 9.59 Å². The summed E-state index contributed by atoms with van der Waals surface area (Å²) in [7, 11) is 0. The van der Waals surface area contributed by atoms with Gasteiger partial charge in [0.2, 0.25) is 0 Å². The number of amides is 1. The number of carboxylic acids is 1. The number of anilines is 1. The van der Waals surface area contributed by atoms with Gasteiger partial charge in [0.15, 0.2) is 0 Å². The summed E-state index contributed by atoms with van der Waals surface area (Å²) < 4.78 is 6.26. The zero-order valence-electron chi connectivity index (χ0n) is 20.8. The van der Waals surface area contributed by atoms with Gasteiger partial charge in [0.25, 0.3) is 5.91 Å². The van der Waals surface area contributed by atoms with Gasteiger partial charge < -0.3 is 20.2 Å². The normalized spacial score (nSPS) is 14.9. The standard InChI is InChI=1S/C29H33ClN2O4/c1-18-16-22(30)10-13-24(18)26-17-25(19(2)36-26)28(20-6-4-3-5-7-20)32-23-11-8-21(9-12-23)29(35)31-15-14-27(33)34/h8-13,16-17,20,28,32H,3-7,14-15H2,1-2H3,(H,31,35)(H,33,34). The lowest BCUT2D eigenvalue weighted by molar-refractivity contribution is -0.136. The maximum absolute atomic E-state index is 12.3. The minimum Gasteiger partial charge on any atom is -0.481 e. The Bertz CT molecular complexity index is 1210. The molecule has 3 aromatic rings. The van der Waals surface area contributed by atoms with Crippen LogP contribution in [0.15, 0.2) is 52.9 Å². The molecule has 0 saturated heterocycles. The van der Waals surface area contributed by atoms with E-state index in [1.54, 1.807) is 12.1 Å². The van der Waals surface area contributed by atoms with Crippen LogP contribution in [0.1, 0.15) is 71.8 Å². The first-order valence-corrected chi connectivity index (χ1v) is 12.9. The van der Waals surface area contributed by atoms with E-state index < -0.39 is 5.97 Å². The van der Waals surface area contributed by atoms with E-state index in [4.69, 9.17) is 21.1 Å². The summed E-state index contributed by atoms with van der Waals surface area (Å²) in [6.45, 7) is 4.16. The van der Waals surface area contributed by atoms with Gasteiger partial charge in [0.05, 0.1) is 12.5 Å². The summed E-state index contributed by atoms with van der Waals surface area (Å²) in [6, 6.07) is 15.4. The first-order valence-electron chi connectivity index (χ1n) is 12.6. The van der Waals surface area contributed by atoms with Crippen LogP contribution in [0.2, 0.25) is 5.02 Å². The molecule has 1 aliphatic rings. The average molecular weight is 509 g/mol. The molecule has 4 rings (SSSR count). The van der Waals surface area contributed by atoms with Gasteiger partial charge in [0, 0.05) is 33.9 Å². The summed E-state index contributed by atoms with van der Waals surface area (Å²) in [5.41, 5.74) is 4.69. The number of aryl methyl sites for hydroxylation is 2.